The van der Waals surface area contributed by atoms with Crippen molar-refractivity contribution in [1.82, 2.24) is 0 Å². The van der Waals surface area contributed by atoms with Crippen molar-refractivity contribution >= 4 is 152 Å². The summed E-state index contributed by atoms with van der Waals surface area (Å²) in [6, 6.07) is 90.0. The first-order chi connectivity index (χ1) is 33.1. The molecule has 0 aliphatic rings. The van der Waals surface area contributed by atoms with Crippen LogP contribution in [0.2, 0.25) is 0 Å². The molecule has 0 aliphatic heterocycles. The topological polar surface area (TPSA) is 0 Å². The molecule has 0 bridgehead atoms. The molecule has 0 spiro atoms. The molecule has 0 aliphatic carbocycles. The van der Waals surface area contributed by atoms with E-state index < -0.39 is 0 Å². The third-order valence-electron chi connectivity index (χ3n) is 15.1. The van der Waals surface area contributed by atoms with Gasteiger partial charge in [-0.05, 0) is 202 Å². The number of hydrogen-bond acceptors (Lipinski definition) is 0. The van der Waals surface area contributed by atoms with Crippen molar-refractivity contribution in [3.05, 3.63) is 237 Å². The monoisotopic (exact) mass is 842 g/mol. The number of rotatable bonds is 3. The maximum atomic E-state index is 2.50. The van der Waals surface area contributed by atoms with Gasteiger partial charge in [-0.25, -0.2) is 0 Å². The summed E-state index contributed by atoms with van der Waals surface area (Å²) in [5.41, 5.74) is 3.93. The molecule has 0 saturated heterocycles. The van der Waals surface area contributed by atoms with Crippen LogP contribution in [-0.4, -0.2) is 6.71 Å². The van der Waals surface area contributed by atoms with Gasteiger partial charge in [0.1, 0.15) is 0 Å². The molecular formula is C66H39B. The second-order valence-electron chi connectivity index (χ2n) is 18.8. The molecule has 0 radical (unpaired) electrons. The van der Waals surface area contributed by atoms with E-state index in [1.165, 1.54) is 146 Å². The van der Waals surface area contributed by atoms with Crippen molar-refractivity contribution in [2.75, 3.05) is 0 Å². The molecule has 0 atom stereocenters. The molecule has 0 nitrogen and oxygen atoms in total. The highest BCUT2D eigenvalue weighted by molar-refractivity contribution is 6.99. The lowest BCUT2D eigenvalue weighted by Gasteiger charge is -2.22. The van der Waals surface area contributed by atoms with Crippen LogP contribution in [0.3, 0.4) is 0 Å². The number of benzene rings is 15. The lowest BCUT2D eigenvalue weighted by atomic mass is 9.35. The third-order valence-corrected chi connectivity index (χ3v) is 15.1. The molecule has 0 heterocycles. The second kappa shape index (κ2) is 14.0. The Hall–Kier alpha value is -8.52. The summed E-state index contributed by atoms with van der Waals surface area (Å²) in [6.45, 7) is -0.0918. The van der Waals surface area contributed by atoms with E-state index in [-0.39, 0.29) is 6.71 Å². The van der Waals surface area contributed by atoms with Gasteiger partial charge in [0.25, 0.3) is 0 Å². The number of hydrogen-bond donors (Lipinski definition) is 0. The lowest BCUT2D eigenvalue weighted by molar-refractivity contribution is 1.77. The van der Waals surface area contributed by atoms with E-state index in [4.69, 9.17) is 0 Å². The first kappa shape index (κ1) is 36.8. The van der Waals surface area contributed by atoms with Crippen molar-refractivity contribution < 1.29 is 0 Å². The first-order valence-electron chi connectivity index (χ1n) is 23.5. The van der Waals surface area contributed by atoms with Crippen LogP contribution >= 0.6 is 0 Å². The van der Waals surface area contributed by atoms with Gasteiger partial charge in [0.2, 0.25) is 6.71 Å². The van der Waals surface area contributed by atoms with Gasteiger partial charge in [-0.2, -0.15) is 0 Å². The highest BCUT2D eigenvalue weighted by Crippen LogP contribution is 2.36. The highest BCUT2D eigenvalue weighted by Gasteiger charge is 2.28. The summed E-state index contributed by atoms with van der Waals surface area (Å²) in [5.74, 6) is 0. The zero-order valence-corrected chi connectivity index (χ0v) is 36.6. The van der Waals surface area contributed by atoms with Crippen LogP contribution < -0.4 is 16.4 Å². The third kappa shape index (κ3) is 5.62. The fourth-order valence-corrected chi connectivity index (χ4v) is 11.9. The molecule has 15 rings (SSSR count). The maximum absolute atomic E-state index is 2.50. The molecule has 306 valence electrons. The quantitative estimate of drug-likeness (QED) is 0.0944. The van der Waals surface area contributed by atoms with E-state index in [0.717, 1.165) is 0 Å². The minimum atomic E-state index is -0.0918. The molecule has 0 unspecified atom stereocenters. The smallest absolute Gasteiger partial charge is 0.0663 e. The molecule has 67 heavy (non-hydrogen) atoms. The van der Waals surface area contributed by atoms with Crippen LogP contribution in [0.1, 0.15) is 0 Å². The normalized spacial score (nSPS) is 12.2. The van der Waals surface area contributed by atoms with Crippen LogP contribution in [0.5, 0.6) is 0 Å². The molecule has 0 N–H and O–H groups in total. The Morgan fingerprint density at radius 2 is 0.358 bits per heavy atom. The van der Waals surface area contributed by atoms with E-state index in [2.05, 4.69) is 237 Å². The summed E-state index contributed by atoms with van der Waals surface area (Å²) in [5, 5.41) is 30.5. The fourth-order valence-electron chi connectivity index (χ4n) is 11.9. The SMILES string of the molecule is c1ccc2cc3c(ccc4cc5cccc(B(c6cccc7cc8ccc9cc%10ccccc%10cc9c8cc67)c6cccc7cc8ccc9cc%10ccccc%10cc9c8cc67)c5cc43)cc2c1. The van der Waals surface area contributed by atoms with Gasteiger partial charge >= 0.3 is 0 Å². The predicted molar refractivity (Wildman–Crippen MR) is 294 cm³/mol. The Morgan fingerprint density at radius 3 is 0.642 bits per heavy atom. The van der Waals surface area contributed by atoms with Gasteiger partial charge in [0, 0.05) is 0 Å². The van der Waals surface area contributed by atoms with E-state index >= 15 is 0 Å². The van der Waals surface area contributed by atoms with Crippen LogP contribution in [0.25, 0.3) is 129 Å². The largest absolute Gasteiger partial charge is 0.243 e. The standard InChI is InChI=1S/C66H39B/c1-4-13-43-34-55-49(28-40(43)10-1)22-25-52-31-46-16-7-19-64(61(46)37-58(52)55)67(65-20-8-17-47-32-53-26-23-50-29-41-11-2-5-14-44(41)35-56(50)59(53)38-62(47)65)66-21-9-18-48-33-54-27-24-51-30-42-12-3-6-15-45(42)36-57(51)60(54)39-63(48)66/h1-39H. The van der Waals surface area contributed by atoms with Gasteiger partial charge in [0.05, 0.1) is 0 Å². The first-order valence-corrected chi connectivity index (χ1v) is 23.5. The van der Waals surface area contributed by atoms with Gasteiger partial charge in [-0.15, -0.1) is 0 Å². The second-order valence-corrected chi connectivity index (χ2v) is 18.8. The lowest BCUT2D eigenvalue weighted by Crippen LogP contribution is -2.52. The van der Waals surface area contributed by atoms with Crippen molar-refractivity contribution in [1.29, 1.82) is 0 Å². The summed E-state index contributed by atoms with van der Waals surface area (Å²) < 4.78 is 0. The van der Waals surface area contributed by atoms with E-state index in [1.54, 1.807) is 0 Å². The Kier molecular flexibility index (Phi) is 7.68. The Balaban J connectivity index is 1.06. The summed E-state index contributed by atoms with van der Waals surface area (Å²) in [6.07, 6.45) is 0. The molecule has 0 saturated carbocycles. The number of fused-ring (bicyclic) bond motifs is 15. The predicted octanol–water partition coefficient (Wildman–Crippen LogP) is 16.0. The van der Waals surface area contributed by atoms with Crippen LogP contribution in [0.4, 0.5) is 0 Å². The van der Waals surface area contributed by atoms with Crippen molar-refractivity contribution in [2.45, 2.75) is 0 Å². The average Bonchev–Trinajstić information content (AvgIpc) is 3.37. The van der Waals surface area contributed by atoms with Gasteiger partial charge < -0.3 is 0 Å². The summed E-state index contributed by atoms with van der Waals surface area (Å²) in [7, 11) is 0. The average molecular weight is 843 g/mol. The van der Waals surface area contributed by atoms with Crippen LogP contribution in [0.15, 0.2) is 237 Å². The molecule has 15 aromatic rings. The summed E-state index contributed by atoms with van der Waals surface area (Å²) >= 11 is 0. The van der Waals surface area contributed by atoms with Gasteiger partial charge in [-0.1, -0.05) is 180 Å². The molecule has 0 aromatic heterocycles. The zero-order chi connectivity index (χ0) is 43.7. The molecular weight excluding hydrogens is 804 g/mol. The van der Waals surface area contributed by atoms with Crippen LogP contribution in [-0.2, 0) is 0 Å². The van der Waals surface area contributed by atoms with E-state index in [0.29, 0.717) is 0 Å². The minimum Gasteiger partial charge on any atom is -0.0663 e. The molecule has 1 heteroatoms. The Morgan fingerprint density at radius 1 is 0.149 bits per heavy atom. The minimum absolute atomic E-state index is 0.0918. The highest BCUT2D eigenvalue weighted by atomic mass is 14.2. The van der Waals surface area contributed by atoms with E-state index in [1.807, 2.05) is 0 Å². The van der Waals surface area contributed by atoms with Crippen molar-refractivity contribution in [3.63, 3.8) is 0 Å². The fraction of sp³-hybridized carbons (Fsp3) is 0. The maximum Gasteiger partial charge on any atom is 0.243 e. The molecule has 0 fully saturated rings. The molecule has 15 aromatic carbocycles. The van der Waals surface area contributed by atoms with Gasteiger partial charge in [0.15, 0.2) is 0 Å². The van der Waals surface area contributed by atoms with E-state index in [9.17, 15) is 0 Å². The van der Waals surface area contributed by atoms with Crippen molar-refractivity contribution in [2.24, 2.45) is 0 Å². The van der Waals surface area contributed by atoms with Crippen molar-refractivity contribution in [3.8, 4) is 0 Å². The van der Waals surface area contributed by atoms with Crippen LogP contribution in [0, 0.1) is 0 Å². The summed E-state index contributed by atoms with van der Waals surface area (Å²) in [4.78, 5) is 0. The zero-order valence-electron chi connectivity index (χ0n) is 36.6. The Bertz CT molecular complexity index is 4170. The van der Waals surface area contributed by atoms with Gasteiger partial charge in [-0.3, -0.25) is 0 Å². The molecule has 0 amide bonds. The Labute approximate surface area is 387 Å².